The molecule has 0 aliphatic rings. The van der Waals surface area contributed by atoms with Crippen molar-refractivity contribution in [3.63, 3.8) is 0 Å². The summed E-state index contributed by atoms with van der Waals surface area (Å²) in [6, 6.07) is 15.3. The molecular weight excluding hydrogens is 695 g/mol. The number of rotatable bonds is 21. The van der Waals surface area contributed by atoms with Crippen molar-refractivity contribution in [2.24, 2.45) is 0 Å². The highest BCUT2D eigenvalue weighted by atomic mass is 35.5. The molecule has 0 bridgehead atoms. The van der Waals surface area contributed by atoms with Crippen molar-refractivity contribution in [3.8, 4) is 39.9 Å². The third kappa shape index (κ3) is 13.1. The van der Waals surface area contributed by atoms with Crippen LogP contribution < -0.4 is 18.9 Å². The lowest BCUT2D eigenvalue weighted by Crippen LogP contribution is -2.16. The summed E-state index contributed by atoms with van der Waals surface area (Å²) in [6.07, 6.45) is 11.7. The van der Waals surface area contributed by atoms with Gasteiger partial charge in [-0.3, -0.25) is 4.98 Å². The first-order chi connectivity index (χ1) is 25.1. The summed E-state index contributed by atoms with van der Waals surface area (Å²) in [6.45, 7) is 4.30. The zero-order chi connectivity index (χ0) is 37.3. The van der Waals surface area contributed by atoms with Gasteiger partial charge < -0.3 is 23.7 Å². The lowest BCUT2D eigenvalue weighted by molar-refractivity contribution is -0.274. The maximum Gasteiger partial charge on any atom is 0.573 e. The summed E-state index contributed by atoms with van der Waals surface area (Å²) in [5.41, 5.74) is 2.34. The minimum absolute atomic E-state index is 0.243. The molecular formula is C41H49ClF3NO6. The molecule has 0 aliphatic heterocycles. The number of fused-ring (bicyclic) bond motifs is 1. The average molecular weight is 744 g/mol. The lowest BCUT2D eigenvalue weighted by Gasteiger charge is -2.17. The third-order valence-electron chi connectivity index (χ3n) is 8.73. The van der Waals surface area contributed by atoms with Crippen LogP contribution in [0.3, 0.4) is 0 Å². The van der Waals surface area contributed by atoms with E-state index >= 15 is 0 Å². The lowest BCUT2D eigenvalue weighted by atomic mass is 10.00. The number of benzene rings is 3. The van der Waals surface area contributed by atoms with E-state index in [1.54, 1.807) is 43.3 Å². The molecule has 0 N–H and O–H groups in total. The molecule has 282 valence electrons. The van der Waals surface area contributed by atoms with Gasteiger partial charge in [0.2, 0.25) is 0 Å². The van der Waals surface area contributed by atoms with Crippen LogP contribution >= 0.6 is 11.6 Å². The van der Waals surface area contributed by atoms with E-state index in [0.717, 1.165) is 19.3 Å². The molecule has 3 aromatic carbocycles. The van der Waals surface area contributed by atoms with Crippen molar-refractivity contribution in [2.75, 3.05) is 13.7 Å². The number of hydrogen-bond acceptors (Lipinski definition) is 7. The highest BCUT2D eigenvalue weighted by Gasteiger charge is 2.31. The Balaban J connectivity index is 1.34. The minimum Gasteiger partial charge on any atom is -0.495 e. The molecule has 4 rings (SSSR count). The van der Waals surface area contributed by atoms with Gasteiger partial charge in [-0.1, -0.05) is 114 Å². The second-order valence-corrected chi connectivity index (χ2v) is 13.3. The second kappa shape index (κ2) is 20.8. The predicted octanol–water partition coefficient (Wildman–Crippen LogP) is 13.6. The molecule has 1 heterocycles. The quantitative estimate of drug-likeness (QED) is 0.0621. The SMILES string of the molecule is CCCCCCCCCCCCCCCCOC(=O)Oc1c(-c2ccc(Oc3ccc(OC(F)(F)F)cc3)cc2)c(C)nc2cc(OC)c(Cl)cc12. The molecule has 52 heavy (non-hydrogen) atoms. The fourth-order valence-corrected chi connectivity index (χ4v) is 6.30. The van der Waals surface area contributed by atoms with E-state index in [1.165, 1.54) is 102 Å². The topological polar surface area (TPSA) is 76.1 Å². The van der Waals surface area contributed by atoms with Gasteiger partial charge in [0.25, 0.3) is 0 Å². The number of hydrogen-bond donors (Lipinski definition) is 0. The normalized spacial score (nSPS) is 11.4. The van der Waals surface area contributed by atoms with E-state index in [1.807, 2.05) is 0 Å². The van der Waals surface area contributed by atoms with Gasteiger partial charge in [-0.25, -0.2) is 4.79 Å². The van der Waals surface area contributed by atoms with Crippen molar-refractivity contribution in [1.29, 1.82) is 0 Å². The largest absolute Gasteiger partial charge is 0.573 e. The van der Waals surface area contributed by atoms with Gasteiger partial charge in [0.1, 0.15) is 23.0 Å². The van der Waals surface area contributed by atoms with Gasteiger partial charge >= 0.3 is 12.5 Å². The Hall–Kier alpha value is -4.18. The Morgan fingerprint density at radius 2 is 1.27 bits per heavy atom. The fourth-order valence-electron chi connectivity index (χ4n) is 6.05. The highest BCUT2D eigenvalue weighted by Crippen LogP contribution is 2.42. The van der Waals surface area contributed by atoms with E-state index < -0.39 is 12.5 Å². The molecule has 4 aromatic rings. The number of aryl methyl sites for hydroxylation is 1. The molecule has 0 saturated heterocycles. The summed E-state index contributed by atoms with van der Waals surface area (Å²) >= 11 is 6.49. The number of carbonyl (C=O) groups excluding carboxylic acids is 1. The van der Waals surface area contributed by atoms with Gasteiger partial charge in [0.15, 0.2) is 5.75 Å². The number of nitrogens with zero attached hydrogens (tertiary/aromatic N) is 1. The second-order valence-electron chi connectivity index (χ2n) is 12.8. The average Bonchev–Trinajstić information content (AvgIpc) is 3.11. The summed E-state index contributed by atoms with van der Waals surface area (Å²) < 4.78 is 64.0. The van der Waals surface area contributed by atoms with Gasteiger partial charge in [0, 0.05) is 22.7 Å². The Morgan fingerprint density at radius 3 is 1.81 bits per heavy atom. The number of alkyl halides is 3. The smallest absolute Gasteiger partial charge is 0.495 e. The highest BCUT2D eigenvalue weighted by molar-refractivity contribution is 6.33. The zero-order valence-electron chi connectivity index (χ0n) is 30.3. The molecule has 0 saturated carbocycles. The zero-order valence-corrected chi connectivity index (χ0v) is 31.0. The van der Waals surface area contributed by atoms with Crippen LogP contribution in [0.25, 0.3) is 22.0 Å². The number of halogens is 4. The maximum atomic E-state index is 13.0. The summed E-state index contributed by atoms with van der Waals surface area (Å²) in [4.78, 5) is 17.8. The van der Waals surface area contributed by atoms with Crippen LogP contribution in [0.1, 0.15) is 103 Å². The number of pyridine rings is 1. The molecule has 0 amide bonds. The Kier molecular flexibility index (Phi) is 16.2. The van der Waals surface area contributed by atoms with Crippen LogP contribution in [0.15, 0.2) is 60.7 Å². The molecule has 7 nitrogen and oxygen atoms in total. The summed E-state index contributed by atoms with van der Waals surface area (Å²) in [7, 11) is 1.51. The first-order valence-corrected chi connectivity index (χ1v) is 18.6. The standard InChI is InChI=1S/C41H49ClF3NO6/c1-4-5-6-7-8-9-10-11-12-13-14-15-16-17-26-49-40(47)51-39-34-27-35(42)37(48-3)28-36(34)46-29(2)38(39)30-18-20-31(21-19-30)50-32-22-24-33(25-23-32)52-41(43,44)45/h18-25,27-28H,4-17,26H2,1-3H3. The molecule has 0 radical (unpaired) electrons. The minimum atomic E-state index is -4.78. The van der Waals surface area contributed by atoms with E-state index in [9.17, 15) is 18.0 Å². The van der Waals surface area contributed by atoms with E-state index in [-0.39, 0.29) is 18.1 Å². The van der Waals surface area contributed by atoms with Crippen molar-refractivity contribution < 1.29 is 41.7 Å². The monoisotopic (exact) mass is 743 g/mol. The number of unbranched alkanes of at least 4 members (excludes halogenated alkanes) is 13. The first kappa shape index (κ1) is 40.6. The van der Waals surface area contributed by atoms with E-state index in [4.69, 9.17) is 35.5 Å². The maximum absolute atomic E-state index is 13.0. The molecule has 0 aliphatic carbocycles. The molecule has 0 spiro atoms. The van der Waals surface area contributed by atoms with Crippen molar-refractivity contribution >= 4 is 28.7 Å². The first-order valence-electron chi connectivity index (χ1n) is 18.2. The van der Waals surface area contributed by atoms with Crippen LogP contribution in [0.2, 0.25) is 5.02 Å². The fraction of sp³-hybridized carbons (Fsp3) is 0.463. The Morgan fingerprint density at radius 1 is 0.750 bits per heavy atom. The molecule has 0 atom stereocenters. The summed E-state index contributed by atoms with van der Waals surface area (Å²) in [5.74, 6) is 1.08. The van der Waals surface area contributed by atoms with Crippen molar-refractivity contribution in [2.45, 2.75) is 110 Å². The number of methoxy groups -OCH3 is 1. The number of carbonyl (C=O) groups is 1. The van der Waals surface area contributed by atoms with Gasteiger partial charge in [-0.05, 0) is 61.4 Å². The molecule has 0 fully saturated rings. The van der Waals surface area contributed by atoms with Crippen LogP contribution in [0.5, 0.6) is 28.7 Å². The molecule has 11 heteroatoms. The van der Waals surface area contributed by atoms with Gasteiger partial charge in [0.05, 0.1) is 24.3 Å². The van der Waals surface area contributed by atoms with Crippen LogP contribution in [0, 0.1) is 6.92 Å². The summed E-state index contributed by atoms with van der Waals surface area (Å²) in [5, 5.41) is 0.823. The Labute approximate surface area is 309 Å². The van der Waals surface area contributed by atoms with Gasteiger partial charge in [-0.2, -0.15) is 0 Å². The van der Waals surface area contributed by atoms with Crippen LogP contribution in [-0.2, 0) is 4.74 Å². The molecule has 0 unspecified atom stereocenters. The predicted molar refractivity (Wildman–Crippen MR) is 199 cm³/mol. The van der Waals surface area contributed by atoms with Crippen LogP contribution in [-0.4, -0.2) is 31.2 Å². The Bertz CT molecular complexity index is 1700. The van der Waals surface area contributed by atoms with Gasteiger partial charge in [-0.15, -0.1) is 13.2 Å². The molecule has 1 aromatic heterocycles. The number of aromatic nitrogens is 1. The number of ether oxygens (including phenoxy) is 5. The third-order valence-corrected chi connectivity index (χ3v) is 9.03. The van der Waals surface area contributed by atoms with E-state index in [0.29, 0.717) is 50.0 Å². The van der Waals surface area contributed by atoms with Crippen molar-refractivity contribution in [3.05, 3.63) is 71.4 Å². The van der Waals surface area contributed by atoms with Crippen molar-refractivity contribution in [1.82, 2.24) is 4.98 Å². The van der Waals surface area contributed by atoms with E-state index in [2.05, 4.69) is 11.7 Å². The van der Waals surface area contributed by atoms with Crippen LogP contribution in [0.4, 0.5) is 18.0 Å².